The number of nitriles is 2. The molecule has 25 heavy (non-hydrogen) atoms. The minimum absolute atomic E-state index is 0.0751. The molecule has 0 radical (unpaired) electrons. The van der Waals surface area contributed by atoms with E-state index in [4.69, 9.17) is 10.5 Å². The van der Waals surface area contributed by atoms with E-state index in [1.54, 1.807) is 4.90 Å². The highest BCUT2D eigenvalue weighted by molar-refractivity contribution is 5.79. The summed E-state index contributed by atoms with van der Waals surface area (Å²) in [6, 6.07) is 4.83. The maximum absolute atomic E-state index is 12.3. The number of nitrogens with zero attached hydrogens (tertiary/aromatic N) is 4. The van der Waals surface area contributed by atoms with E-state index in [-0.39, 0.29) is 17.9 Å². The van der Waals surface area contributed by atoms with Crippen LogP contribution in [0, 0.1) is 34.5 Å². The topological polar surface area (TPSA) is 83.2 Å². The third-order valence-corrected chi connectivity index (χ3v) is 6.09. The molecule has 1 aliphatic carbocycles. The van der Waals surface area contributed by atoms with Gasteiger partial charge in [0.05, 0.1) is 18.7 Å². The van der Waals surface area contributed by atoms with Crippen LogP contribution in [0.25, 0.3) is 0 Å². The Morgan fingerprint density at radius 1 is 1.04 bits per heavy atom. The highest BCUT2D eigenvalue weighted by Crippen LogP contribution is 2.28. The van der Waals surface area contributed by atoms with Gasteiger partial charge in [0.2, 0.25) is 5.91 Å². The monoisotopic (exact) mass is 343 g/mol. The van der Waals surface area contributed by atoms with Gasteiger partial charge in [-0.3, -0.25) is 4.79 Å². The van der Waals surface area contributed by atoms with Crippen molar-refractivity contribution in [2.24, 2.45) is 11.8 Å². The second kappa shape index (κ2) is 8.65. The Morgan fingerprint density at radius 2 is 1.84 bits per heavy atom. The molecule has 3 aliphatic rings. The van der Waals surface area contributed by atoms with Gasteiger partial charge in [-0.15, -0.1) is 0 Å². The van der Waals surface area contributed by atoms with Crippen LogP contribution in [0.1, 0.15) is 44.9 Å². The Kier molecular flexibility index (Phi) is 6.29. The minimum Gasteiger partial charge on any atom is -0.326 e. The lowest BCUT2D eigenvalue weighted by Gasteiger charge is -2.31. The van der Waals surface area contributed by atoms with Crippen LogP contribution in [0.2, 0.25) is 0 Å². The molecule has 1 N–H and O–H groups in total. The van der Waals surface area contributed by atoms with Gasteiger partial charge in [-0.05, 0) is 64.0 Å². The second-order valence-electron chi connectivity index (χ2n) is 7.84. The third-order valence-electron chi connectivity index (χ3n) is 6.09. The molecule has 0 bridgehead atoms. The molecule has 3 rings (SSSR count). The molecule has 0 unspecified atom stereocenters. The number of piperidine rings is 1. The van der Waals surface area contributed by atoms with Gasteiger partial charge in [0, 0.05) is 25.0 Å². The van der Waals surface area contributed by atoms with Crippen molar-refractivity contribution in [3.8, 4) is 12.1 Å². The number of hydrogen-bond acceptors (Lipinski definition) is 5. The number of rotatable bonds is 5. The number of likely N-dealkylation sites (tertiary alicyclic amines) is 2. The van der Waals surface area contributed by atoms with Crippen LogP contribution in [0.3, 0.4) is 0 Å². The van der Waals surface area contributed by atoms with Crippen molar-refractivity contribution in [1.29, 1.82) is 10.5 Å². The third kappa shape index (κ3) is 4.71. The van der Waals surface area contributed by atoms with Crippen molar-refractivity contribution in [1.82, 2.24) is 15.1 Å². The lowest BCUT2D eigenvalue weighted by molar-refractivity contribution is -0.130. The summed E-state index contributed by atoms with van der Waals surface area (Å²) < 4.78 is 0. The molecule has 2 saturated heterocycles. The molecule has 0 spiro atoms. The van der Waals surface area contributed by atoms with Crippen LogP contribution in [0.15, 0.2) is 0 Å². The first kappa shape index (κ1) is 18.2. The lowest BCUT2D eigenvalue weighted by atomic mass is 9.97. The summed E-state index contributed by atoms with van der Waals surface area (Å²) in [4.78, 5) is 16.5. The van der Waals surface area contributed by atoms with E-state index in [2.05, 4.69) is 22.4 Å². The van der Waals surface area contributed by atoms with E-state index in [1.807, 2.05) is 0 Å². The Hall–Kier alpha value is -1.63. The summed E-state index contributed by atoms with van der Waals surface area (Å²) in [6.45, 7) is 4.33. The first-order valence-corrected chi connectivity index (χ1v) is 9.74. The molecule has 3 atom stereocenters. The molecule has 2 aliphatic heterocycles. The summed E-state index contributed by atoms with van der Waals surface area (Å²) in [5.41, 5.74) is 0. The van der Waals surface area contributed by atoms with Crippen molar-refractivity contribution >= 4 is 5.91 Å². The summed E-state index contributed by atoms with van der Waals surface area (Å²) in [7, 11) is 0. The molecule has 0 aromatic rings. The maximum Gasteiger partial charge on any atom is 0.237 e. The summed E-state index contributed by atoms with van der Waals surface area (Å²) >= 11 is 0. The van der Waals surface area contributed by atoms with Crippen LogP contribution in [0.4, 0.5) is 0 Å². The van der Waals surface area contributed by atoms with Crippen LogP contribution in [-0.2, 0) is 4.79 Å². The van der Waals surface area contributed by atoms with Gasteiger partial charge >= 0.3 is 0 Å². The van der Waals surface area contributed by atoms with Gasteiger partial charge in [-0.25, -0.2) is 0 Å². The lowest BCUT2D eigenvalue weighted by Crippen LogP contribution is -2.43. The quantitative estimate of drug-likeness (QED) is 0.818. The van der Waals surface area contributed by atoms with E-state index in [0.717, 1.165) is 64.7 Å². The van der Waals surface area contributed by atoms with Crippen LogP contribution < -0.4 is 5.32 Å². The molecule has 2 heterocycles. The highest BCUT2D eigenvalue weighted by atomic mass is 16.2. The van der Waals surface area contributed by atoms with E-state index in [9.17, 15) is 4.79 Å². The van der Waals surface area contributed by atoms with Gasteiger partial charge in [0.25, 0.3) is 0 Å². The normalized spacial score (nSPS) is 31.0. The fourth-order valence-electron chi connectivity index (χ4n) is 4.57. The molecule has 136 valence electrons. The fourth-order valence-corrected chi connectivity index (χ4v) is 4.57. The van der Waals surface area contributed by atoms with Crippen LogP contribution in [-0.4, -0.2) is 60.5 Å². The van der Waals surface area contributed by atoms with Crippen molar-refractivity contribution < 1.29 is 4.79 Å². The van der Waals surface area contributed by atoms with Gasteiger partial charge in [0.1, 0.15) is 6.04 Å². The fraction of sp³-hybridized carbons (Fsp3) is 0.842. The molecule has 0 aromatic heterocycles. The summed E-state index contributed by atoms with van der Waals surface area (Å²) in [6.07, 6.45) is 7.26. The number of carbonyl (C=O) groups is 1. The Balaban J connectivity index is 1.35. The number of amides is 1. The summed E-state index contributed by atoms with van der Waals surface area (Å²) in [5, 5.41) is 21.5. The van der Waals surface area contributed by atoms with Crippen LogP contribution in [0.5, 0.6) is 0 Å². The molecular formula is C19H29N5O. The predicted molar refractivity (Wildman–Crippen MR) is 94.3 cm³/mol. The maximum atomic E-state index is 12.3. The zero-order valence-corrected chi connectivity index (χ0v) is 15.0. The van der Waals surface area contributed by atoms with Gasteiger partial charge < -0.3 is 15.1 Å². The zero-order chi connectivity index (χ0) is 17.6. The largest absolute Gasteiger partial charge is 0.326 e. The van der Waals surface area contributed by atoms with E-state index in [0.29, 0.717) is 18.5 Å². The average Bonchev–Trinajstić information content (AvgIpc) is 3.29. The molecule has 3 fully saturated rings. The Bertz CT molecular complexity index is 543. The molecule has 1 saturated carbocycles. The SMILES string of the molecule is N#CC1CCN(C[C@@H]2CC[C@@H](NCC(=O)N3CCC[C@H]3C#N)C2)CC1. The molecule has 0 aromatic carbocycles. The Labute approximate surface area is 150 Å². The number of carbonyl (C=O) groups excluding carboxylic acids is 1. The van der Waals surface area contributed by atoms with Crippen molar-refractivity contribution in [2.75, 3.05) is 32.7 Å². The molecule has 6 heteroatoms. The molecule has 1 amide bonds. The van der Waals surface area contributed by atoms with E-state index < -0.39 is 0 Å². The second-order valence-corrected chi connectivity index (χ2v) is 7.84. The van der Waals surface area contributed by atoms with Crippen molar-refractivity contribution in [3.05, 3.63) is 0 Å². The zero-order valence-electron chi connectivity index (χ0n) is 15.0. The van der Waals surface area contributed by atoms with Crippen molar-refractivity contribution in [2.45, 2.75) is 57.0 Å². The van der Waals surface area contributed by atoms with Gasteiger partial charge in [0.15, 0.2) is 0 Å². The minimum atomic E-state index is -0.220. The first-order chi connectivity index (χ1) is 12.2. The predicted octanol–water partition coefficient (Wildman–Crippen LogP) is 1.49. The number of hydrogen-bond donors (Lipinski definition) is 1. The highest BCUT2D eigenvalue weighted by Gasteiger charge is 2.31. The van der Waals surface area contributed by atoms with Crippen LogP contribution >= 0.6 is 0 Å². The summed E-state index contributed by atoms with van der Waals surface area (Å²) in [5.74, 6) is 1.03. The molecule has 6 nitrogen and oxygen atoms in total. The van der Waals surface area contributed by atoms with Gasteiger partial charge in [-0.1, -0.05) is 0 Å². The van der Waals surface area contributed by atoms with Gasteiger partial charge in [-0.2, -0.15) is 10.5 Å². The standard InChI is InChI=1S/C19H29N5O/c20-11-15-5-8-23(9-6-15)14-16-3-4-17(10-16)22-13-19(25)24-7-1-2-18(24)12-21/h15-18,22H,1-10,13-14H2/t16-,17-,18+/m1/s1. The number of nitrogens with one attached hydrogen (secondary N) is 1. The van der Waals surface area contributed by atoms with E-state index >= 15 is 0 Å². The first-order valence-electron chi connectivity index (χ1n) is 9.74. The Morgan fingerprint density at radius 3 is 2.56 bits per heavy atom. The smallest absolute Gasteiger partial charge is 0.237 e. The average molecular weight is 343 g/mol. The van der Waals surface area contributed by atoms with Crippen molar-refractivity contribution in [3.63, 3.8) is 0 Å². The molecular weight excluding hydrogens is 314 g/mol. The van der Waals surface area contributed by atoms with E-state index in [1.165, 1.54) is 6.42 Å².